The lowest BCUT2D eigenvalue weighted by molar-refractivity contribution is -0.149. The molecule has 1 saturated heterocycles. The summed E-state index contributed by atoms with van der Waals surface area (Å²) in [5.74, 6) is -0.422. The predicted octanol–water partition coefficient (Wildman–Crippen LogP) is 0.340. The van der Waals surface area contributed by atoms with E-state index in [1.54, 1.807) is 6.92 Å². The van der Waals surface area contributed by atoms with E-state index >= 15 is 0 Å². The molecule has 5 nitrogen and oxygen atoms in total. The van der Waals surface area contributed by atoms with Gasteiger partial charge in [0, 0.05) is 13.1 Å². The maximum Gasteiger partial charge on any atom is 0.314 e. The minimum Gasteiger partial charge on any atom is -0.466 e. The topological polar surface area (TPSA) is 72.6 Å². The number of amides is 2. The Kier molecular flexibility index (Phi) is 3.73. The van der Waals surface area contributed by atoms with E-state index in [0.29, 0.717) is 19.7 Å². The fourth-order valence-electron chi connectivity index (χ4n) is 1.63. The molecule has 0 radical (unpaired) electrons. The van der Waals surface area contributed by atoms with E-state index in [1.807, 2.05) is 0 Å². The summed E-state index contributed by atoms with van der Waals surface area (Å²) in [7, 11) is 0. The lowest BCUT2D eigenvalue weighted by Gasteiger charge is -2.29. The number of rotatable bonds is 2. The van der Waals surface area contributed by atoms with Gasteiger partial charge in [0.2, 0.25) is 0 Å². The Balaban J connectivity index is 2.47. The molecule has 0 aliphatic carbocycles. The van der Waals surface area contributed by atoms with Gasteiger partial charge in [0.15, 0.2) is 0 Å². The molecular weight excluding hydrogens is 184 g/mol. The van der Waals surface area contributed by atoms with Gasteiger partial charge < -0.3 is 15.4 Å². The highest BCUT2D eigenvalue weighted by molar-refractivity contribution is 5.76. The van der Waals surface area contributed by atoms with Crippen molar-refractivity contribution in [3.63, 3.8) is 0 Å². The van der Waals surface area contributed by atoms with Crippen LogP contribution in [-0.4, -0.2) is 36.6 Å². The molecule has 0 aromatic rings. The number of primary amides is 1. The van der Waals surface area contributed by atoms with Gasteiger partial charge in [-0.05, 0) is 19.8 Å². The number of nitrogens with zero attached hydrogens (tertiary/aromatic N) is 1. The average molecular weight is 200 g/mol. The van der Waals surface area contributed by atoms with E-state index in [2.05, 4.69) is 0 Å². The molecule has 1 atom stereocenters. The second-order valence-corrected chi connectivity index (χ2v) is 3.38. The van der Waals surface area contributed by atoms with Crippen molar-refractivity contribution in [3.8, 4) is 0 Å². The van der Waals surface area contributed by atoms with Crippen molar-refractivity contribution in [2.45, 2.75) is 19.8 Å². The van der Waals surface area contributed by atoms with E-state index in [1.165, 1.54) is 4.90 Å². The van der Waals surface area contributed by atoms with Crippen molar-refractivity contribution in [1.82, 2.24) is 4.90 Å². The highest BCUT2D eigenvalue weighted by atomic mass is 16.5. The number of urea groups is 1. The predicted molar refractivity (Wildman–Crippen MR) is 50.5 cm³/mol. The number of nitrogens with two attached hydrogens (primary N) is 1. The summed E-state index contributed by atoms with van der Waals surface area (Å²) < 4.78 is 4.89. The third-order valence-electron chi connectivity index (χ3n) is 2.35. The molecular formula is C9H16N2O3. The zero-order chi connectivity index (χ0) is 10.6. The van der Waals surface area contributed by atoms with E-state index in [-0.39, 0.29) is 11.9 Å². The first-order chi connectivity index (χ1) is 6.65. The Morgan fingerprint density at radius 1 is 1.57 bits per heavy atom. The molecule has 1 heterocycles. The highest BCUT2D eigenvalue weighted by Gasteiger charge is 2.28. The van der Waals surface area contributed by atoms with Gasteiger partial charge in [0.25, 0.3) is 0 Å². The maximum absolute atomic E-state index is 11.4. The van der Waals surface area contributed by atoms with Crippen LogP contribution in [0.25, 0.3) is 0 Å². The molecule has 2 amide bonds. The molecule has 0 spiro atoms. The molecule has 1 fully saturated rings. The van der Waals surface area contributed by atoms with Gasteiger partial charge in [-0.3, -0.25) is 4.79 Å². The molecule has 0 saturated carbocycles. The summed E-state index contributed by atoms with van der Waals surface area (Å²) in [6.45, 7) is 3.19. The summed E-state index contributed by atoms with van der Waals surface area (Å²) in [6, 6.07) is -0.459. The lowest BCUT2D eigenvalue weighted by atomic mass is 9.98. The third-order valence-corrected chi connectivity index (χ3v) is 2.35. The van der Waals surface area contributed by atoms with E-state index < -0.39 is 6.03 Å². The Morgan fingerprint density at radius 2 is 2.29 bits per heavy atom. The van der Waals surface area contributed by atoms with Gasteiger partial charge >= 0.3 is 12.0 Å². The maximum atomic E-state index is 11.4. The standard InChI is InChI=1S/C9H16N2O3/c1-2-14-8(12)7-4-3-5-11(6-7)9(10)13/h7H,2-6H2,1H3,(H2,10,13)/t7-/m0/s1. The van der Waals surface area contributed by atoms with Gasteiger partial charge in [-0.15, -0.1) is 0 Å². The number of hydrogen-bond donors (Lipinski definition) is 1. The zero-order valence-electron chi connectivity index (χ0n) is 8.36. The fraction of sp³-hybridized carbons (Fsp3) is 0.778. The van der Waals surface area contributed by atoms with Crippen LogP contribution in [0.1, 0.15) is 19.8 Å². The monoisotopic (exact) mass is 200 g/mol. The molecule has 14 heavy (non-hydrogen) atoms. The number of esters is 1. The Hall–Kier alpha value is -1.26. The van der Waals surface area contributed by atoms with Crippen molar-refractivity contribution < 1.29 is 14.3 Å². The van der Waals surface area contributed by atoms with E-state index in [0.717, 1.165) is 12.8 Å². The molecule has 0 aromatic carbocycles. The number of carbonyl (C=O) groups is 2. The second kappa shape index (κ2) is 4.83. The van der Waals surface area contributed by atoms with Crippen LogP contribution in [0.4, 0.5) is 4.79 Å². The Bertz CT molecular complexity index is 230. The summed E-state index contributed by atoms with van der Waals surface area (Å²) in [5, 5.41) is 0. The average Bonchev–Trinajstić information content (AvgIpc) is 2.18. The van der Waals surface area contributed by atoms with E-state index in [4.69, 9.17) is 10.5 Å². The first-order valence-electron chi connectivity index (χ1n) is 4.86. The molecule has 0 unspecified atom stereocenters. The van der Waals surface area contributed by atoms with Crippen molar-refractivity contribution in [2.75, 3.05) is 19.7 Å². The van der Waals surface area contributed by atoms with Gasteiger partial charge in [-0.2, -0.15) is 0 Å². The Morgan fingerprint density at radius 3 is 2.86 bits per heavy atom. The van der Waals surface area contributed by atoms with Crippen molar-refractivity contribution in [3.05, 3.63) is 0 Å². The van der Waals surface area contributed by atoms with Crippen LogP contribution < -0.4 is 5.73 Å². The SMILES string of the molecule is CCOC(=O)[C@H]1CCCN(C(N)=O)C1. The van der Waals surface area contributed by atoms with Crippen molar-refractivity contribution in [2.24, 2.45) is 11.7 Å². The molecule has 5 heteroatoms. The number of piperidine rings is 1. The quantitative estimate of drug-likeness (QED) is 0.653. The molecule has 1 aliphatic heterocycles. The van der Waals surface area contributed by atoms with Crippen LogP contribution >= 0.6 is 0 Å². The molecule has 1 rings (SSSR count). The summed E-state index contributed by atoms with van der Waals surface area (Å²) >= 11 is 0. The molecule has 2 N–H and O–H groups in total. The third kappa shape index (κ3) is 2.61. The number of hydrogen-bond acceptors (Lipinski definition) is 3. The summed E-state index contributed by atoms with van der Waals surface area (Å²) in [5.41, 5.74) is 5.14. The van der Waals surface area contributed by atoms with Crippen molar-refractivity contribution >= 4 is 12.0 Å². The fourth-order valence-corrected chi connectivity index (χ4v) is 1.63. The number of carbonyl (C=O) groups excluding carboxylic acids is 2. The molecule has 0 aromatic heterocycles. The number of ether oxygens (including phenoxy) is 1. The normalized spacial score (nSPS) is 21.8. The van der Waals surface area contributed by atoms with Crippen LogP contribution in [0.2, 0.25) is 0 Å². The highest BCUT2D eigenvalue weighted by Crippen LogP contribution is 2.17. The smallest absolute Gasteiger partial charge is 0.314 e. The van der Waals surface area contributed by atoms with Crippen LogP contribution in [-0.2, 0) is 9.53 Å². The second-order valence-electron chi connectivity index (χ2n) is 3.38. The first kappa shape index (κ1) is 10.8. The van der Waals surface area contributed by atoms with Crippen LogP contribution in [0.3, 0.4) is 0 Å². The minimum absolute atomic E-state index is 0.198. The lowest BCUT2D eigenvalue weighted by Crippen LogP contribution is -2.45. The van der Waals surface area contributed by atoms with Crippen molar-refractivity contribution in [1.29, 1.82) is 0 Å². The minimum atomic E-state index is -0.459. The van der Waals surface area contributed by atoms with Gasteiger partial charge in [0.1, 0.15) is 0 Å². The van der Waals surface area contributed by atoms with Crippen LogP contribution in [0, 0.1) is 5.92 Å². The largest absolute Gasteiger partial charge is 0.466 e. The summed E-state index contributed by atoms with van der Waals surface area (Å²) in [4.78, 5) is 23.7. The molecule has 80 valence electrons. The number of likely N-dealkylation sites (tertiary alicyclic amines) is 1. The Labute approximate surface area is 83.2 Å². The van der Waals surface area contributed by atoms with Crippen LogP contribution in [0.15, 0.2) is 0 Å². The molecule has 1 aliphatic rings. The first-order valence-corrected chi connectivity index (χ1v) is 4.86. The zero-order valence-corrected chi connectivity index (χ0v) is 8.36. The van der Waals surface area contributed by atoms with Gasteiger partial charge in [-0.25, -0.2) is 4.79 Å². The van der Waals surface area contributed by atoms with Crippen LogP contribution in [0.5, 0.6) is 0 Å². The van der Waals surface area contributed by atoms with E-state index in [9.17, 15) is 9.59 Å². The van der Waals surface area contributed by atoms with Gasteiger partial charge in [-0.1, -0.05) is 0 Å². The summed E-state index contributed by atoms with van der Waals surface area (Å²) in [6.07, 6.45) is 1.59. The molecule has 0 bridgehead atoms. The van der Waals surface area contributed by atoms with Gasteiger partial charge in [0.05, 0.1) is 12.5 Å².